The Kier molecular flexibility index (Phi) is 3.17. The number of fused-ring (bicyclic) bond motifs is 3. The molecule has 0 saturated heterocycles. The van der Waals surface area contributed by atoms with Crippen molar-refractivity contribution in [1.82, 2.24) is 5.06 Å². The molecule has 0 N–H and O–H groups in total. The molecule has 0 aromatic heterocycles. The first-order valence-corrected chi connectivity index (χ1v) is 8.24. The molecule has 126 valence electrons. The van der Waals surface area contributed by atoms with E-state index in [1.165, 1.54) is 0 Å². The normalized spacial score (nSPS) is 15.3. The molecule has 2 heterocycles. The molecule has 2 amide bonds. The van der Waals surface area contributed by atoms with Gasteiger partial charge in [-0.15, -0.1) is 5.06 Å². The number of carbonyl (C=O) groups excluding carboxylic acids is 2. The molecule has 0 unspecified atom stereocenters. The van der Waals surface area contributed by atoms with Crippen LogP contribution >= 0.6 is 0 Å². The lowest BCUT2D eigenvalue weighted by Gasteiger charge is -2.29. The second-order valence-electron chi connectivity index (χ2n) is 6.11. The van der Waals surface area contributed by atoms with Crippen molar-refractivity contribution in [3.63, 3.8) is 0 Å². The second-order valence-corrected chi connectivity index (χ2v) is 6.11. The highest BCUT2D eigenvalue weighted by molar-refractivity contribution is 6.20. The van der Waals surface area contributed by atoms with Crippen molar-refractivity contribution in [2.45, 2.75) is 6.10 Å². The van der Waals surface area contributed by atoms with Crippen LogP contribution in [0.25, 0.3) is 0 Å². The Balaban J connectivity index is 1.58. The van der Waals surface area contributed by atoms with Crippen molar-refractivity contribution in [3.8, 4) is 11.5 Å². The fourth-order valence-corrected chi connectivity index (χ4v) is 3.35. The minimum Gasteiger partial charge on any atom is -0.457 e. The van der Waals surface area contributed by atoms with E-state index in [1.54, 1.807) is 24.3 Å². The average Bonchev–Trinajstić information content (AvgIpc) is 2.93. The summed E-state index contributed by atoms with van der Waals surface area (Å²) in [6, 6.07) is 21.6. The van der Waals surface area contributed by atoms with Gasteiger partial charge in [0.05, 0.1) is 11.1 Å². The SMILES string of the molecule is O=C1c2ccccc2C(=O)N1OC1c2ccccc2Oc2ccccc21. The number of nitrogens with zero attached hydrogens (tertiary/aromatic N) is 1. The molecule has 0 spiro atoms. The Labute approximate surface area is 149 Å². The number of carbonyl (C=O) groups is 2. The Hall–Kier alpha value is -3.44. The summed E-state index contributed by atoms with van der Waals surface area (Å²) >= 11 is 0. The van der Waals surface area contributed by atoms with Crippen molar-refractivity contribution in [2.75, 3.05) is 0 Å². The van der Waals surface area contributed by atoms with Crippen molar-refractivity contribution in [3.05, 3.63) is 95.1 Å². The van der Waals surface area contributed by atoms with Crippen LogP contribution in [0.3, 0.4) is 0 Å². The fraction of sp³-hybridized carbons (Fsp3) is 0.0476. The predicted octanol–water partition coefficient (Wildman–Crippen LogP) is 4.11. The second kappa shape index (κ2) is 5.54. The number of rotatable bonds is 2. The van der Waals surface area contributed by atoms with Crippen molar-refractivity contribution in [2.24, 2.45) is 0 Å². The maximum absolute atomic E-state index is 12.7. The zero-order chi connectivity index (χ0) is 17.7. The fourth-order valence-electron chi connectivity index (χ4n) is 3.35. The third kappa shape index (κ3) is 2.08. The van der Waals surface area contributed by atoms with Gasteiger partial charge in [0.15, 0.2) is 0 Å². The topological polar surface area (TPSA) is 55.8 Å². The summed E-state index contributed by atoms with van der Waals surface area (Å²) in [5.74, 6) is 0.389. The van der Waals surface area contributed by atoms with Gasteiger partial charge in [0.1, 0.15) is 17.6 Å². The van der Waals surface area contributed by atoms with E-state index >= 15 is 0 Å². The summed E-state index contributed by atoms with van der Waals surface area (Å²) in [5, 5.41) is 0.855. The van der Waals surface area contributed by atoms with E-state index in [9.17, 15) is 9.59 Å². The summed E-state index contributed by atoms with van der Waals surface area (Å²) in [4.78, 5) is 31.3. The minimum atomic E-state index is -0.613. The van der Waals surface area contributed by atoms with Gasteiger partial charge < -0.3 is 4.74 Å². The molecule has 0 bridgehead atoms. The quantitative estimate of drug-likeness (QED) is 0.657. The van der Waals surface area contributed by atoms with Gasteiger partial charge in [0, 0.05) is 11.1 Å². The van der Waals surface area contributed by atoms with Crippen LogP contribution in [0, 0.1) is 0 Å². The van der Waals surface area contributed by atoms with Gasteiger partial charge in [-0.05, 0) is 24.3 Å². The number of ether oxygens (including phenoxy) is 1. The lowest BCUT2D eigenvalue weighted by molar-refractivity contribution is -0.122. The summed E-state index contributed by atoms with van der Waals surface area (Å²) in [7, 11) is 0. The van der Waals surface area contributed by atoms with Crippen molar-refractivity contribution in [1.29, 1.82) is 0 Å². The first kappa shape index (κ1) is 14.9. The van der Waals surface area contributed by atoms with Crippen LogP contribution in [0.1, 0.15) is 37.9 Å². The lowest BCUT2D eigenvalue weighted by Crippen LogP contribution is -2.32. The number of hydroxylamine groups is 2. The molecule has 2 aliphatic heterocycles. The number of para-hydroxylation sites is 2. The highest BCUT2D eigenvalue weighted by Crippen LogP contribution is 2.45. The van der Waals surface area contributed by atoms with Gasteiger partial charge in [-0.1, -0.05) is 48.5 Å². The van der Waals surface area contributed by atoms with Gasteiger partial charge >= 0.3 is 0 Å². The minimum absolute atomic E-state index is 0.353. The molecular weight excluding hydrogens is 330 g/mol. The molecule has 5 nitrogen and oxygen atoms in total. The maximum Gasteiger partial charge on any atom is 0.285 e. The van der Waals surface area contributed by atoms with Crippen molar-refractivity contribution >= 4 is 11.8 Å². The summed E-state index contributed by atoms with van der Waals surface area (Å²) in [6.07, 6.45) is -0.613. The third-order valence-corrected chi connectivity index (χ3v) is 4.59. The standard InChI is InChI=1S/C21H13NO4/c23-20-13-7-1-2-8-14(13)21(24)22(20)26-19-15-9-3-5-11-17(15)25-18-12-6-4-10-16(18)19/h1-12,19H. The first-order valence-electron chi connectivity index (χ1n) is 8.24. The predicted molar refractivity (Wildman–Crippen MR) is 92.8 cm³/mol. The zero-order valence-corrected chi connectivity index (χ0v) is 13.6. The van der Waals surface area contributed by atoms with E-state index in [-0.39, 0.29) is 0 Å². The molecule has 26 heavy (non-hydrogen) atoms. The van der Waals surface area contributed by atoms with Gasteiger partial charge in [-0.2, -0.15) is 0 Å². The lowest BCUT2D eigenvalue weighted by atomic mass is 9.97. The molecule has 5 heteroatoms. The number of hydrogen-bond donors (Lipinski definition) is 0. The zero-order valence-electron chi connectivity index (χ0n) is 13.6. The highest BCUT2D eigenvalue weighted by atomic mass is 16.7. The van der Waals surface area contributed by atoms with Crippen LogP contribution in [0.15, 0.2) is 72.8 Å². The van der Waals surface area contributed by atoms with Gasteiger partial charge in [-0.3, -0.25) is 9.59 Å². The Morgan fingerprint density at radius 2 is 1.15 bits per heavy atom. The number of amides is 2. The van der Waals surface area contributed by atoms with Gasteiger partial charge in [-0.25, -0.2) is 4.84 Å². The van der Waals surface area contributed by atoms with Crippen LogP contribution in [-0.2, 0) is 4.84 Å². The Morgan fingerprint density at radius 3 is 1.69 bits per heavy atom. The van der Waals surface area contributed by atoms with Crippen LogP contribution in [0.2, 0.25) is 0 Å². The third-order valence-electron chi connectivity index (χ3n) is 4.59. The van der Waals surface area contributed by atoms with E-state index in [0.717, 1.165) is 16.2 Å². The van der Waals surface area contributed by atoms with Crippen LogP contribution in [0.4, 0.5) is 0 Å². The molecule has 0 fully saturated rings. The van der Waals surface area contributed by atoms with E-state index in [0.29, 0.717) is 22.6 Å². The molecule has 2 aliphatic rings. The molecule has 3 aromatic rings. The van der Waals surface area contributed by atoms with E-state index in [1.807, 2.05) is 48.5 Å². The van der Waals surface area contributed by atoms with Crippen LogP contribution < -0.4 is 4.74 Å². The molecule has 3 aromatic carbocycles. The maximum atomic E-state index is 12.7. The first-order chi connectivity index (χ1) is 12.7. The van der Waals surface area contributed by atoms with Gasteiger partial charge in [0.25, 0.3) is 11.8 Å². The van der Waals surface area contributed by atoms with Gasteiger partial charge in [0.2, 0.25) is 0 Å². The molecule has 0 radical (unpaired) electrons. The van der Waals surface area contributed by atoms with Crippen LogP contribution in [-0.4, -0.2) is 16.9 Å². The van der Waals surface area contributed by atoms with E-state index in [4.69, 9.17) is 9.57 Å². The molecular formula is C21H13NO4. The largest absolute Gasteiger partial charge is 0.457 e. The molecule has 0 atom stereocenters. The number of hydrogen-bond acceptors (Lipinski definition) is 4. The van der Waals surface area contributed by atoms with E-state index in [2.05, 4.69) is 0 Å². The summed E-state index contributed by atoms with van der Waals surface area (Å²) in [5.41, 5.74) is 2.24. The molecule has 0 aliphatic carbocycles. The molecule has 5 rings (SSSR count). The number of benzene rings is 3. The van der Waals surface area contributed by atoms with E-state index < -0.39 is 17.9 Å². The summed E-state index contributed by atoms with van der Waals surface area (Å²) in [6.45, 7) is 0. The Bertz CT molecular complexity index is 979. The highest BCUT2D eigenvalue weighted by Gasteiger charge is 2.40. The monoisotopic (exact) mass is 343 g/mol. The number of imide groups is 1. The summed E-state index contributed by atoms with van der Waals surface area (Å²) < 4.78 is 5.92. The molecule has 0 saturated carbocycles. The van der Waals surface area contributed by atoms with Crippen LogP contribution in [0.5, 0.6) is 11.5 Å². The Morgan fingerprint density at radius 1 is 0.692 bits per heavy atom. The smallest absolute Gasteiger partial charge is 0.285 e. The average molecular weight is 343 g/mol. The van der Waals surface area contributed by atoms with Crippen molar-refractivity contribution < 1.29 is 19.2 Å².